The first-order valence-corrected chi connectivity index (χ1v) is 6.65. The van der Waals surface area contributed by atoms with E-state index in [1.807, 2.05) is 38.1 Å². The molecule has 1 aromatic heterocycles. The third-order valence-electron chi connectivity index (χ3n) is 3.06. The molecule has 5 heteroatoms. The zero-order valence-corrected chi connectivity index (χ0v) is 11.8. The van der Waals surface area contributed by atoms with Gasteiger partial charge < -0.3 is 10.4 Å². The molecule has 0 radical (unpaired) electrons. The van der Waals surface area contributed by atoms with Gasteiger partial charge in [-0.05, 0) is 31.0 Å². The number of amides is 1. The number of hydrogen-bond acceptors (Lipinski definition) is 3. The summed E-state index contributed by atoms with van der Waals surface area (Å²) in [5.41, 5.74) is 3.21. The van der Waals surface area contributed by atoms with Crippen LogP contribution in [0, 0.1) is 6.92 Å². The van der Waals surface area contributed by atoms with Crippen molar-refractivity contribution in [3.8, 4) is 0 Å². The Kier molecular flexibility index (Phi) is 4.53. The molecule has 0 saturated heterocycles. The maximum atomic E-state index is 12.1. The first kappa shape index (κ1) is 14.3. The fourth-order valence-corrected chi connectivity index (χ4v) is 2.08. The average Bonchev–Trinajstić information content (AvgIpc) is 2.86. The van der Waals surface area contributed by atoms with Crippen LogP contribution >= 0.6 is 0 Å². The number of benzene rings is 1. The molecule has 1 heterocycles. The summed E-state index contributed by atoms with van der Waals surface area (Å²) in [4.78, 5) is 12.1. The molecule has 0 aliphatic carbocycles. The van der Waals surface area contributed by atoms with Gasteiger partial charge in [-0.1, -0.05) is 24.3 Å². The number of nitrogens with zero attached hydrogens (tertiary/aromatic N) is 2. The van der Waals surface area contributed by atoms with Crippen LogP contribution in [0.15, 0.2) is 30.3 Å². The lowest BCUT2D eigenvalue weighted by molar-refractivity contribution is 0.0940. The van der Waals surface area contributed by atoms with Crippen molar-refractivity contribution in [1.29, 1.82) is 0 Å². The maximum Gasteiger partial charge on any atom is 0.269 e. The topological polar surface area (TPSA) is 67.2 Å². The highest BCUT2D eigenvalue weighted by atomic mass is 16.3. The summed E-state index contributed by atoms with van der Waals surface area (Å²) in [5.74, 6) is -0.137. The van der Waals surface area contributed by atoms with E-state index >= 15 is 0 Å². The van der Waals surface area contributed by atoms with E-state index in [1.54, 1.807) is 10.7 Å². The van der Waals surface area contributed by atoms with Crippen LogP contribution in [0.25, 0.3) is 0 Å². The van der Waals surface area contributed by atoms with Gasteiger partial charge in [0, 0.05) is 13.1 Å². The molecule has 0 spiro atoms. The molecule has 1 amide bonds. The minimum absolute atomic E-state index is 0.00356. The third-order valence-corrected chi connectivity index (χ3v) is 3.06. The van der Waals surface area contributed by atoms with Crippen molar-refractivity contribution in [3.63, 3.8) is 0 Å². The summed E-state index contributed by atoms with van der Waals surface area (Å²) in [7, 11) is 0. The monoisotopic (exact) mass is 273 g/mol. The standard InChI is InChI=1S/C15H19N3O2/c1-3-18-14(7-11(2)17-18)15(20)16-9-12-5-4-6-13(8-12)10-19/h4-8,19H,3,9-10H2,1-2H3,(H,16,20). The predicted molar refractivity (Wildman–Crippen MR) is 76.2 cm³/mol. The van der Waals surface area contributed by atoms with Crippen LogP contribution < -0.4 is 5.32 Å². The SMILES string of the molecule is CCn1nc(C)cc1C(=O)NCc1cccc(CO)c1. The number of aryl methyl sites for hydroxylation is 2. The number of aliphatic hydroxyl groups is 1. The van der Waals surface area contributed by atoms with E-state index in [4.69, 9.17) is 5.11 Å². The van der Waals surface area contributed by atoms with Crippen LogP contribution in [0.2, 0.25) is 0 Å². The highest BCUT2D eigenvalue weighted by Crippen LogP contribution is 2.07. The fraction of sp³-hybridized carbons (Fsp3) is 0.333. The lowest BCUT2D eigenvalue weighted by Gasteiger charge is -2.07. The molecule has 0 atom stereocenters. The Morgan fingerprint density at radius 3 is 2.80 bits per heavy atom. The van der Waals surface area contributed by atoms with Crippen LogP contribution in [0.3, 0.4) is 0 Å². The average molecular weight is 273 g/mol. The molecule has 1 aromatic carbocycles. The Bertz CT molecular complexity index is 605. The number of carbonyl (C=O) groups is 1. The van der Waals surface area contributed by atoms with Crippen LogP contribution in [0.4, 0.5) is 0 Å². The number of aromatic nitrogens is 2. The second kappa shape index (κ2) is 6.34. The summed E-state index contributed by atoms with van der Waals surface area (Å²) >= 11 is 0. The molecule has 0 saturated carbocycles. The van der Waals surface area contributed by atoms with Gasteiger partial charge in [0.2, 0.25) is 0 Å². The van der Waals surface area contributed by atoms with Crippen LogP contribution in [0.1, 0.15) is 34.2 Å². The van der Waals surface area contributed by atoms with Crippen molar-refractivity contribution in [3.05, 3.63) is 52.8 Å². The van der Waals surface area contributed by atoms with E-state index in [2.05, 4.69) is 10.4 Å². The molecule has 0 bridgehead atoms. The van der Waals surface area contributed by atoms with Gasteiger partial charge in [-0.3, -0.25) is 9.48 Å². The van der Waals surface area contributed by atoms with Crippen LogP contribution in [0.5, 0.6) is 0 Å². The van der Waals surface area contributed by atoms with Crippen LogP contribution in [-0.2, 0) is 19.7 Å². The van der Waals surface area contributed by atoms with E-state index in [0.717, 1.165) is 16.8 Å². The lowest BCUT2D eigenvalue weighted by Crippen LogP contribution is -2.25. The van der Waals surface area contributed by atoms with Crippen molar-refractivity contribution in [2.75, 3.05) is 0 Å². The van der Waals surface area contributed by atoms with Crippen molar-refractivity contribution in [1.82, 2.24) is 15.1 Å². The summed E-state index contributed by atoms with van der Waals surface area (Å²) < 4.78 is 1.69. The Hall–Kier alpha value is -2.14. The summed E-state index contributed by atoms with van der Waals surface area (Å²) in [6.07, 6.45) is 0. The van der Waals surface area contributed by atoms with Gasteiger partial charge in [-0.15, -0.1) is 0 Å². The van der Waals surface area contributed by atoms with Crippen molar-refractivity contribution in [2.24, 2.45) is 0 Å². The lowest BCUT2D eigenvalue weighted by atomic mass is 10.1. The van der Waals surface area contributed by atoms with Crippen molar-refractivity contribution < 1.29 is 9.90 Å². The summed E-state index contributed by atoms with van der Waals surface area (Å²) in [5, 5.41) is 16.2. The number of hydrogen-bond donors (Lipinski definition) is 2. The molecular weight excluding hydrogens is 254 g/mol. The number of aliphatic hydroxyl groups excluding tert-OH is 1. The molecule has 0 fully saturated rings. The maximum absolute atomic E-state index is 12.1. The van der Waals surface area contributed by atoms with E-state index in [0.29, 0.717) is 18.8 Å². The zero-order chi connectivity index (χ0) is 14.5. The zero-order valence-electron chi connectivity index (χ0n) is 11.8. The van der Waals surface area contributed by atoms with E-state index in [1.165, 1.54) is 0 Å². The molecule has 20 heavy (non-hydrogen) atoms. The molecule has 0 aliphatic rings. The molecule has 0 unspecified atom stereocenters. The third kappa shape index (κ3) is 3.24. The Morgan fingerprint density at radius 1 is 1.35 bits per heavy atom. The molecular formula is C15H19N3O2. The first-order chi connectivity index (χ1) is 9.63. The summed E-state index contributed by atoms with van der Waals surface area (Å²) in [6, 6.07) is 9.29. The van der Waals surface area contributed by atoms with E-state index < -0.39 is 0 Å². The highest BCUT2D eigenvalue weighted by Gasteiger charge is 2.12. The van der Waals surface area contributed by atoms with E-state index in [9.17, 15) is 4.79 Å². The second-order valence-electron chi connectivity index (χ2n) is 4.65. The van der Waals surface area contributed by atoms with Gasteiger partial charge in [0.15, 0.2) is 0 Å². The minimum Gasteiger partial charge on any atom is -0.392 e. The largest absolute Gasteiger partial charge is 0.392 e. The molecule has 2 rings (SSSR count). The number of nitrogens with one attached hydrogen (secondary N) is 1. The first-order valence-electron chi connectivity index (χ1n) is 6.65. The van der Waals surface area contributed by atoms with E-state index in [-0.39, 0.29) is 12.5 Å². The van der Waals surface area contributed by atoms with Gasteiger partial charge in [-0.2, -0.15) is 5.10 Å². The van der Waals surface area contributed by atoms with Gasteiger partial charge >= 0.3 is 0 Å². The highest BCUT2D eigenvalue weighted by molar-refractivity contribution is 5.92. The fourth-order valence-electron chi connectivity index (χ4n) is 2.08. The molecule has 2 N–H and O–H groups in total. The van der Waals surface area contributed by atoms with Crippen molar-refractivity contribution in [2.45, 2.75) is 33.5 Å². The Labute approximate surface area is 118 Å². The quantitative estimate of drug-likeness (QED) is 0.870. The molecule has 106 valence electrons. The predicted octanol–water partition coefficient (Wildman–Crippen LogP) is 1.63. The Balaban J connectivity index is 2.04. The van der Waals surface area contributed by atoms with Gasteiger partial charge in [0.05, 0.1) is 12.3 Å². The van der Waals surface area contributed by atoms with Gasteiger partial charge in [0.25, 0.3) is 5.91 Å². The summed E-state index contributed by atoms with van der Waals surface area (Å²) in [6.45, 7) is 4.92. The van der Waals surface area contributed by atoms with Gasteiger partial charge in [-0.25, -0.2) is 0 Å². The molecule has 0 aliphatic heterocycles. The Morgan fingerprint density at radius 2 is 2.10 bits per heavy atom. The normalized spacial score (nSPS) is 10.6. The second-order valence-corrected chi connectivity index (χ2v) is 4.65. The minimum atomic E-state index is -0.137. The van der Waals surface area contributed by atoms with Crippen LogP contribution in [-0.4, -0.2) is 20.8 Å². The molecule has 5 nitrogen and oxygen atoms in total. The van der Waals surface area contributed by atoms with Crippen molar-refractivity contribution >= 4 is 5.91 Å². The number of carbonyl (C=O) groups excluding carboxylic acids is 1. The van der Waals surface area contributed by atoms with Gasteiger partial charge in [0.1, 0.15) is 5.69 Å². The molecule has 2 aromatic rings. The number of rotatable bonds is 5. The smallest absolute Gasteiger partial charge is 0.269 e.